The Morgan fingerprint density at radius 1 is 1.47 bits per heavy atom. The Balaban J connectivity index is 4.86. The highest BCUT2D eigenvalue weighted by Crippen LogP contribution is 2.19. The first kappa shape index (κ1) is 14.4. The fourth-order valence-corrected chi connectivity index (χ4v) is 1.51. The quantitative estimate of drug-likeness (QED) is 0.678. The highest BCUT2D eigenvalue weighted by Gasteiger charge is 2.42. The van der Waals surface area contributed by atoms with E-state index in [1.54, 1.807) is 0 Å². The van der Waals surface area contributed by atoms with Crippen LogP contribution in [-0.4, -0.2) is 36.4 Å². The van der Waals surface area contributed by atoms with Gasteiger partial charge in [-0.2, -0.15) is 0 Å². The van der Waals surface area contributed by atoms with Gasteiger partial charge in [-0.25, -0.2) is 0 Å². The van der Waals surface area contributed by atoms with Crippen molar-refractivity contribution in [1.82, 2.24) is 5.32 Å². The number of ether oxygens (including phenoxy) is 1. The maximum Gasteiger partial charge on any atom is 0.326 e. The molecule has 0 aliphatic carbocycles. The molecule has 15 heavy (non-hydrogen) atoms. The molecule has 0 saturated heterocycles. The van der Waals surface area contributed by atoms with Gasteiger partial charge in [-0.15, -0.1) is 0 Å². The molecule has 0 aliphatic heterocycles. The lowest BCUT2D eigenvalue weighted by Crippen LogP contribution is -2.61. The van der Waals surface area contributed by atoms with E-state index in [0.29, 0.717) is 0 Å². The van der Waals surface area contributed by atoms with Gasteiger partial charge in [0.15, 0.2) is 0 Å². The summed E-state index contributed by atoms with van der Waals surface area (Å²) in [5.41, 5.74) is -0.982. The van der Waals surface area contributed by atoms with E-state index in [-0.39, 0.29) is 18.6 Å². The summed E-state index contributed by atoms with van der Waals surface area (Å²) in [7, 11) is 1.53. The molecule has 0 bridgehead atoms. The smallest absolute Gasteiger partial charge is 0.326 e. The van der Waals surface area contributed by atoms with Gasteiger partial charge >= 0.3 is 5.97 Å². The van der Waals surface area contributed by atoms with Gasteiger partial charge in [0.2, 0.25) is 0 Å². The molecule has 90 valence electrons. The van der Waals surface area contributed by atoms with Crippen LogP contribution in [0.4, 0.5) is 0 Å². The number of carboxylic acid groups (broad SMARTS) is 1. The van der Waals surface area contributed by atoms with E-state index in [9.17, 15) is 9.90 Å². The maximum absolute atomic E-state index is 11.4. The summed E-state index contributed by atoms with van der Waals surface area (Å²) in [5.74, 6) is -0.872. The third kappa shape index (κ3) is 3.47. The van der Waals surface area contributed by atoms with Gasteiger partial charge in [-0.3, -0.25) is 10.1 Å². The normalized spacial score (nSPS) is 17.5. The molecule has 2 atom stereocenters. The minimum Gasteiger partial charge on any atom is -0.480 e. The first-order chi connectivity index (χ1) is 6.90. The van der Waals surface area contributed by atoms with Gasteiger partial charge in [0.05, 0.1) is 6.61 Å². The third-order valence-corrected chi connectivity index (χ3v) is 2.86. The molecular weight excluding hydrogens is 194 g/mol. The molecule has 0 amide bonds. The number of hydrogen-bond acceptors (Lipinski definition) is 3. The fraction of sp³-hybridized carbons (Fsp3) is 0.909. The van der Waals surface area contributed by atoms with Crippen molar-refractivity contribution in [2.75, 3.05) is 13.7 Å². The van der Waals surface area contributed by atoms with E-state index in [1.807, 2.05) is 27.7 Å². The molecular formula is C11H23NO3. The van der Waals surface area contributed by atoms with Crippen molar-refractivity contribution in [2.24, 2.45) is 5.92 Å². The molecule has 0 saturated carbocycles. The van der Waals surface area contributed by atoms with Crippen LogP contribution in [0.2, 0.25) is 0 Å². The van der Waals surface area contributed by atoms with Gasteiger partial charge in [0.1, 0.15) is 5.54 Å². The molecule has 0 heterocycles. The van der Waals surface area contributed by atoms with Crippen molar-refractivity contribution < 1.29 is 14.6 Å². The summed E-state index contributed by atoms with van der Waals surface area (Å²) in [6.07, 6.45) is 0.894. The first-order valence-electron chi connectivity index (χ1n) is 5.40. The summed E-state index contributed by atoms with van der Waals surface area (Å²) < 4.78 is 5.03. The van der Waals surface area contributed by atoms with E-state index in [1.165, 1.54) is 7.11 Å². The average molecular weight is 217 g/mol. The molecule has 4 heteroatoms. The minimum absolute atomic E-state index is 0.0241. The standard InChI is InChI=1S/C11H23NO3/c1-6-9(4)12-11(7-15-5,8(2)3)10(13)14/h8-9,12H,6-7H2,1-5H3,(H,13,14). The number of nitrogens with one attached hydrogen (secondary N) is 1. The lowest BCUT2D eigenvalue weighted by molar-refractivity contribution is -0.150. The largest absolute Gasteiger partial charge is 0.480 e. The Morgan fingerprint density at radius 3 is 2.27 bits per heavy atom. The van der Waals surface area contributed by atoms with Gasteiger partial charge < -0.3 is 9.84 Å². The second-order valence-electron chi connectivity index (χ2n) is 4.32. The SMILES string of the molecule is CCC(C)NC(COC)(C(=O)O)C(C)C. The highest BCUT2D eigenvalue weighted by molar-refractivity contribution is 5.79. The second-order valence-corrected chi connectivity index (χ2v) is 4.32. The molecule has 0 spiro atoms. The summed E-state index contributed by atoms with van der Waals surface area (Å²) in [5, 5.41) is 12.5. The zero-order valence-electron chi connectivity index (χ0n) is 10.3. The van der Waals surface area contributed by atoms with E-state index in [2.05, 4.69) is 5.32 Å². The average Bonchev–Trinajstić information content (AvgIpc) is 2.15. The zero-order valence-corrected chi connectivity index (χ0v) is 10.3. The molecule has 0 aliphatic rings. The van der Waals surface area contributed by atoms with Gasteiger partial charge in [-0.1, -0.05) is 20.8 Å². The Kier molecular flexibility index (Phi) is 5.83. The minimum atomic E-state index is -0.982. The lowest BCUT2D eigenvalue weighted by Gasteiger charge is -2.36. The third-order valence-electron chi connectivity index (χ3n) is 2.86. The summed E-state index contributed by atoms with van der Waals surface area (Å²) in [4.78, 5) is 11.4. The molecule has 0 radical (unpaired) electrons. The fourth-order valence-electron chi connectivity index (χ4n) is 1.51. The first-order valence-corrected chi connectivity index (χ1v) is 5.40. The number of hydrogen-bond donors (Lipinski definition) is 2. The van der Waals surface area contributed by atoms with Crippen LogP contribution in [-0.2, 0) is 9.53 Å². The van der Waals surface area contributed by atoms with E-state index in [4.69, 9.17) is 4.74 Å². The van der Waals surface area contributed by atoms with Crippen molar-refractivity contribution >= 4 is 5.97 Å². The van der Waals surface area contributed by atoms with E-state index in [0.717, 1.165) is 6.42 Å². The van der Waals surface area contributed by atoms with Crippen molar-refractivity contribution in [2.45, 2.75) is 45.7 Å². The van der Waals surface area contributed by atoms with Crippen LogP contribution in [0.1, 0.15) is 34.1 Å². The van der Waals surface area contributed by atoms with Crippen LogP contribution in [0.15, 0.2) is 0 Å². The number of methoxy groups -OCH3 is 1. The molecule has 2 unspecified atom stereocenters. The highest BCUT2D eigenvalue weighted by atomic mass is 16.5. The van der Waals surface area contributed by atoms with Gasteiger partial charge in [0, 0.05) is 13.2 Å². The van der Waals surface area contributed by atoms with Crippen LogP contribution in [0.25, 0.3) is 0 Å². The summed E-state index contributed by atoms with van der Waals surface area (Å²) in [6.45, 7) is 7.97. The van der Waals surface area contributed by atoms with Gasteiger partial charge in [0.25, 0.3) is 0 Å². The predicted octanol–water partition coefficient (Wildman–Crippen LogP) is 1.50. The van der Waals surface area contributed by atoms with Crippen LogP contribution in [0.5, 0.6) is 0 Å². The van der Waals surface area contributed by atoms with Crippen LogP contribution >= 0.6 is 0 Å². The monoisotopic (exact) mass is 217 g/mol. The Labute approximate surface area is 92.0 Å². The molecule has 0 aromatic heterocycles. The molecule has 2 N–H and O–H groups in total. The Morgan fingerprint density at radius 2 is 2.00 bits per heavy atom. The van der Waals surface area contributed by atoms with Crippen LogP contribution in [0.3, 0.4) is 0 Å². The summed E-state index contributed by atoms with van der Waals surface area (Å²) >= 11 is 0. The Bertz CT molecular complexity index is 206. The molecule has 4 nitrogen and oxygen atoms in total. The van der Waals surface area contributed by atoms with E-state index >= 15 is 0 Å². The maximum atomic E-state index is 11.4. The molecule has 0 fully saturated rings. The molecule has 0 rings (SSSR count). The predicted molar refractivity (Wildman–Crippen MR) is 60.0 cm³/mol. The molecule has 0 aromatic rings. The van der Waals surface area contributed by atoms with Crippen molar-refractivity contribution in [3.8, 4) is 0 Å². The number of aliphatic carboxylic acids is 1. The van der Waals surface area contributed by atoms with E-state index < -0.39 is 11.5 Å². The van der Waals surface area contributed by atoms with Crippen LogP contribution < -0.4 is 5.32 Å². The van der Waals surface area contributed by atoms with Crippen molar-refractivity contribution in [3.05, 3.63) is 0 Å². The summed E-state index contributed by atoms with van der Waals surface area (Å²) in [6, 6.07) is 0.165. The van der Waals surface area contributed by atoms with Gasteiger partial charge in [-0.05, 0) is 19.3 Å². The Hall–Kier alpha value is -0.610. The van der Waals surface area contributed by atoms with Crippen molar-refractivity contribution in [1.29, 1.82) is 0 Å². The topological polar surface area (TPSA) is 58.6 Å². The zero-order chi connectivity index (χ0) is 12.1. The number of carboxylic acids is 1. The van der Waals surface area contributed by atoms with Crippen molar-refractivity contribution in [3.63, 3.8) is 0 Å². The second kappa shape index (κ2) is 6.08. The lowest BCUT2D eigenvalue weighted by atomic mass is 9.86. The molecule has 0 aromatic carbocycles. The number of rotatable bonds is 7. The van der Waals surface area contributed by atoms with Crippen LogP contribution in [0, 0.1) is 5.92 Å². The number of carbonyl (C=O) groups is 1.